The molecule has 98 valence electrons. The van der Waals surface area contributed by atoms with Crippen LogP contribution in [0.25, 0.3) is 0 Å². The molecule has 0 aliphatic carbocycles. The minimum atomic E-state index is -1.29. The molecular weight excluding hydrogens is 248 g/mol. The van der Waals surface area contributed by atoms with Gasteiger partial charge in [-0.2, -0.15) is 10.2 Å². The van der Waals surface area contributed by atoms with Gasteiger partial charge in [0.2, 0.25) is 0 Å². The number of benzene rings is 2. The Morgan fingerprint density at radius 3 is 1.70 bits per heavy atom. The minimum absolute atomic E-state index is 0.511. The normalized spacial score (nSPS) is 11.2. The lowest BCUT2D eigenvalue weighted by Crippen LogP contribution is -2.30. The number of hydrogen-bond acceptors (Lipinski definition) is 3. The molecule has 20 heavy (non-hydrogen) atoms. The summed E-state index contributed by atoms with van der Waals surface area (Å²) in [5.41, 5.74) is 0.757. The molecule has 3 heteroatoms. The molecule has 1 aromatic heterocycles. The summed E-state index contributed by atoms with van der Waals surface area (Å²) >= 11 is 0. The van der Waals surface area contributed by atoms with Crippen molar-refractivity contribution in [2.75, 3.05) is 0 Å². The summed E-state index contributed by atoms with van der Waals surface area (Å²) in [6.45, 7) is 0. The van der Waals surface area contributed by atoms with Gasteiger partial charge in [0.05, 0.1) is 0 Å². The van der Waals surface area contributed by atoms with Crippen LogP contribution in [0.4, 0.5) is 0 Å². The van der Waals surface area contributed by atoms with E-state index in [9.17, 15) is 5.11 Å². The standard InChI is InChI=1S/C17H14N2O/c20-17(14-8-3-1-4-9-14,15-10-5-2-6-11-15)16-12-7-13-18-19-16/h1-13,20H. The van der Waals surface area contributed by atoms with E-state index in [2.05, 4.69) is 10.2 Å². The Morgan fingerprint density at radius 1 is 0.700 bits per heavy atom. The Kier molecular flexibility index (Phi) is 3.27. The average Bonchev–Trinajstić information content (AvgIpc) is 2.56. The van der Waals surface area contributed by atoms with E-state index >= 15 is 0 Å². The molecule has 0 unspecified atom stereocenters. The van der Waals surface area contributed by atoms with Crippen LogP contribution in [0, 0.1) is 0 Å². The van der Waals surface area contributed by atoms with Gasteiger partial charge in [0.1, 0.15) is 5.69 Å². The topological polar surface area (TPSA) is 46.0 Å². The molecule has 0 fully saturated rings. The zero-order valence-electron chi connectivity index (χ0n) is 10.8. The Bertz CT molecular complexity index is 572. The van der Waals surface area contributed by atoms with Crippen molar-refractivity contribution < 1.29 is 5.11 Å². The van der Waals surface area contributed by atoms with Gasteiger partial charge in [-0.25, -0.2) is 0 Å². The van der Waals surface area contributed by atoms with Crippen molar-refractivity contribution in [2.45, 2.75) is 5.60 Å². The summed E-state index contributed by atoms with van der Waals surface area (Å²) in [5, 5.41) is 19.3. The molecule has 1 heterocycles. The second kappa shape index (κ2) is 5.23. The molecule has 1 N–H and O–H groups in total. The SMILES string of the molecule is OC(c1ccccc1)(c1ccccc1)c1cccnn1. The molecule has 2 aromatic carbocycles. The van der Waals surface area contributed by atoms with E-state index in [0.717, 1.165) is 11.1 Å². The lowest BCUT2D eigenvalue weighted by molar-refractivity contribution is 0.119. The van der Waals surface area contributed by atoms with E-state index < -0.39 is 5.60 Å². The van der Waals surface area contributed by atoms with Crippen LogP contribution in [0.2, 0.25) is 0 Å². The van der Waals surface area contributed by atoms with Crippen LogP contribution in [0.15, 0.2) is 79.0 Å². The second-order valence-corrected chi connectivity index (χ2v) is 4.55. The maximum absolute atomic E-state index is 11.3. The van der Waals surface area contributed by atoms with Gasteiger partial charge < -0.3 is 5.11 Å². The van der Waals surface area contributed by atoms with E-state index in [0.29, 0.717) is 5.69 Å². The van der Waals surface area contributed by atoms with Crippen LogP contribution >= 0.6 is 0 Å². The summed E-state index contributed by atoms with van der Waals surface area (Å²) in [4.78, 5) is 0. The Morgan fingerprint density at radius 2 is 1.25 bits per heavy atom. The van der Waals surface area contributed by atoms with Crippen molar-refractivity contribution in [1.29, 1.82) is 0 Å². The van der Waals surface area contributed by atoms with Gasteiger partial charge in [0.25, 0.3) is 0 Å². The van der Waals surface area contributed by atoms with Crippen molar-refractivity contribution in [3.8, 4) is 0 Å². The molecule has 3 nitrogen and oxygen atoms in total. The fraction of sp³-hybridized carbons (Fsp3) is 0.0588. The molecule has 0 saturated heterocycles. The van der Waals surface area contributed by atoms with Gasteiger partial charge in [-0.05, 0) is 23.3 Å². The van der Waals surface area contributed by atoms with Gasteiger partial charge in [0, 0.05) is 6.20 Å². The smallest absolute Gasteiger partial charge is 0.159 e. The molecule has 0 aliphatic rings. The van der Waals surface area contributed by atoms with E-state index in [1.54, 1.807) is 18.3 Å². The molecule has 3 rings (SSSR count). The van der Waals surface area contributed by atoms with Gasteiger partial charge >= 0.3 is 0 Å². The summed E-state index contributed by atoms with van der Waals surface area (Å²) in [6, 6.07) is 22.6. The zero-order valence-corrected chi connectivity index (χ0v) is 10.8. The largest absolute Gasteiger partial charge is 0.374 e. The lowest BCUT2D eigenvalue weighted by atomic mass is 9.83. The number of nitrogens with zero attached hydrogens (tertiary/aromatic N) is 2. The molecule has 0 spiro atoms. The van der Waals surface area contributed by atoms with Gasteiger partial charge in [-0.1, -0.05) is 60.7 Å². The molecule has 0 saturated carbocycles. The molecular formula is C17H14N2O. The van der Waals surface area contributed by atoms with Crippen LogP contribution in [0.1, 0.15) is 16.8 Å². The van der Waals surface area contributed by atoms with Crippen LogP contribution in [-0.4, -0.2) is 15.3 Å². The Balaban J connectivity index is 2.24. The number of aromatic nitrogens is 2. The van der Waals surface area contributed by atoms with Gasteiger partial charge in [0.15, 0.2) is 5.60 Å². The highest BCUT2D eigenvalue weighted by Gasteiger charge is 2.35. The highest BCUT2D eigenvalue weighted by atomic mass is 16.3. The molecule has 3 aromatic rings. The summed E-state index contributed by atoms with van der Waals surface area (Å²) in [7, 11) is 0. The molecule has 0 bridgehead atoms. The van der Waals surface area contributed by atoms with E-state index in [-0.39, 0.29) is 0 Å². The molecule has 0 aliphatic heterocycles. The second-order valence-electron chi connectivity index (χ2n) is 4.55. The summed E-state index contributed by atoms with van der Waals surface area (Å²) < 4.78 is 0. The maximum Gasteiger partial charge on any atom is 0.159 e. The fourth-order valence-corrected chi connectivity index (χ4v) is 2.32. The Labute approximate surface area is 117 Å². The first kappa shape index (κ1) is 12.5. The first-order chi connectivity index (χ1) is 9.82. The van der Waals surface area contributed by atoms with Crippen LogP contribution in [0.5, 0.6) is 0 Å². The minimum Gasteiger partial charge on any atom is -0.374 e. The zero-order chi connectivity index (χ0) is 13.8. The monoisotopic (exact) mass is 262 g/mol. The third kappa shape index (κ3) is 2.08. The Hall–Kier alpha value is -2.52. The summed E-state index contributed by atoms with van der Waals surface area (Å²) in [5.74, 6) is 0. The highest BCUT2D eigenvalue weighted by Crippen LogP contribution is 2.34. The average molecular weight is 262 g/mol. The predicted octanol–water partition coefficient (Wildman–Crippen LogP) is 2.76. The van der Waals surface area contributed by atoms with Crippen molar-refractivity contribution in [1.82, 2.24) is 10.2 Å². The third-order valence-corrected chi connectivity index (χ3v) is 3.33. The molecule has 0 radical (unpaired) electrons. The predicted molar refractivity (Wildman–Crippen MR) is 77.0 cm³/mol. The van der Waals surface area contributed by atoms with Crippen LogP contribution < -0.4 is 0 Å². The highest BCUT2D eigenvalue weighted by molar-refractivity contribution is 5.43. The molecule has 0 atom stereocenters. The molecule has 0 amide bonds. The van der Waals surface area contributed by atoms with E-state index in [1.165, 1.54) is 0 Å². The third-order valence-electron chi connectivity index (χ3n) is 3.33. The summed E-state index contributed by atoms with van der Waals surface area (Å²) in [6.07, 6.45) is 1.60. The van der Waals surface area contributed by atoms with Crippen LogP contribution in [-0.2, 0) is 5.60 Å². The van der Waals surface area contributed by atoms with Gasteiger partial charge in [-0.15, -0.1) is 0 Å². The lowest BCUT2D eigenvalue weighted by Gasteiger charge is -2.28. The van der Waals surface area contributed by atoms with Crippen molar-refractivity contribution in [3.63, 3.8) is 0 Å². The maximum atomic E-state index is 11.3. The number of aliphatic hydroxyl groups is 1. The first-order valence-corrected chi connectivity index (χ1v) is 6.43. The van der Waals surface area contributed by atoms with Gasteiger partial charge in [-0.3, -0.25) is 0 Å². The number of hydrogen-bond donors (Lipinski definition) is 1. The van der Waals surface area contributed by atoms with E-state index in [4.69, 9.17) is 0 Å². The fourth-order valence-electron chi connectivity index (χ4n) is 2.32. The van der Waals surface area contributed by atoms with Crippen molar-refractivity contribution >= 4 is 0 Å². The van der Waals surface area contributed by atoms with Crippen molar-refractivity contribution in [2.24, 2.45) is 0 Å². The van der Waals surface area contributed by atoms with Crippen molar-refractivity contribution in [3.05, 3.63) is 95.8 Å². The number of rotatable bonds is 3. The van der Waals surface area contributed by atoms with Crippen LogP contribution in [0.3, 0.4) is 0 Å². The van der Waals surface area contributed by atoms with E-state index in [1.807, 2.05) is 60.7 Å². The first-order valence-electron chi connectivity index (χ1n) is 6.43. The quantitative estimate of drug-likeness (QED) is 0.789.